The Hall–Kier alpha value is -3.04. The number of fused-ring (bicyclic) bond motifs is 1. The Labute approximate surface area is 135 Å². The molecule has 0 radical (unpaired) electrons. The fraction of sp³-hybridized carbons (Fsp3) is 0. The van der Waals surface area contributed by atoms with Gasteiger partial charge in [0.1, 0.15) is 34.5 Å². The number of hydrogen-bond donors (Lipinski definition) is 3. The van der Waals surface area contributed by atoms with Crippen LogP contribution in [0.1, 0.15) is 0 Å². The van der Waals surface area contributed by atoms with Gasteiger partial charge in [-0.2, -0.15) is 8.42 Å². The van der Waals surface area contributed by atoms with Crippen molar-refractivity contribution in [3.05, 3.63) is 52.9 Å². The zero-order chi connectivity index (χ0) is 17.5. The van der Waals surface area contributed by atoms with Crippen molar-refractivity contribution in [3.63, 3.8) is 0 Å². The van der Waals surface area contributed by atoms with Crippen LogP contribution in [-0.4, -0.2) is 23.2 Å². The van der Waals surface area contributed by atoms with Gasteiger partial charge in [0.15, 0.2) is 0 Å². The third-order valence-corrected chi connectivity index (χ3v) is 3.61. The summed E-state index contributed by atoms with van der Waals surface area (Å²) in [5, 5.41) is 19.2. The molecule has 1 aromatic heterocycles. The molecule has 24 heavy (non-hydrogen) atoms. The minimum atomic E-state index is -4.64. The number of benzene rings is 2. The van der Waals surface area contributed by atoms with Crippen LogP contribution in [0.5, 0.6) is 17.2 Å². The van der Waals surface area contributed by atoms with Gasteiger partial charge in [0, 0.05) is 12.1 Å². The summed E-state index contributed by atoms with van der Waals surface area (Å²) in [4.78, 5) is 12.5. The first kappa shape index (κ1) is 15.8. The van der Waals surface area contributed by atoms with Crippen LogP contribution in [0.15, 0.2) is 51.9 Å². The highest BCUT2D eigenvalue weighted by Gasteiger charge is 2.14. The van der Waals surface area contributed by atoms with Crippen molar-refractivity contribution in [1.82, 2.24) is 0 Å². The van der Waals surface area contributed by atoms with Crippen molar-refractivity contribution in [2.75, 3.05) is 0 Å². The molecule has 8 nitrogen and oxygen atoms in total. The number of rotatable bonds is 3. The van der Waals surface area contributed by atoms with Gasteiger partial charge < -0.3 is 18.8 Å². The van der Waals surface area contributed by atoms with E-state index >= 15 is 0 Å². The van der Waals surface area contributed by atoms with E-state index in [1.54, 1.807) is 0 Å². The maximum atomic E-state index is 12.5. The topological polar surface area (TPSA) is 134 Å². The van der Waals surface area contributed by atoms with Gasteiger partial charge in [-0.05, 0) is 17.7 Å². The molecule has 1 heterocycles. The molecule has 0 unspecified atom stereocenters. The summed E-state index contributed by atoms with van der Waals surface area (Å²) in [6.07, 6.45) is 1.15. The van der Waals surface area contributed by atoms with Gasteiger partial charge >= 0.3 is 10.4 Å². The van der Waals surface area contributed by atoms with E-state index in [4.69, 9.17) is 8.97 Å². The third kappa shape index (κ3) is 3.03. The van der Waals surface area contributed by atoms with Crippen LogP contribution in [0, 0.1) is 0 Å². The van der Waals surface area contributed by atoms with E-state index in [1.807, 2.05) is 0 Å². The predicted octanol–water partition coefficient (Wildman–Crippen LogP) is 2.05. The molecule has 9 heteroatoms. The molecule has 0 saturated carbocycles. The second-order valence-corrected chi connectivity index (χ2v) is 5.87. The van der Waals surface area contributed by atoms with Crippen LogP contribution < -0.4 is 9.61 Å². The van der Waals surface area contributed by atoms with Gasteiger partial charge in [-0.25, -0.2) is 0 Å². The minimum absolute atomic E-state index is 0.0209. The second kappa shape index (κ2) is 5.55. The first-order valence-corrected chi connectivity index (χ1v) is 7.86. The molecule has 0 aliphatic rings. The van der Waals surface area contributed by atoms with Crippen LogP contribution >= 0.6 is 0 Å². The van der Waals surface area contributed by atoms with Gasteiger partial charge in [-0.3, -0.25) is 9.35 Å². The number of aromatic hydroxyl groups is 2. The van der Waals surface area contributed by atoms with Crippen LogP contribution in [-0.2, 0) is 10.4 Å². The summed E-state index contributed by atoms with van der Waals surface area (Å²) in [6.45, 7) is 0. The van der Waals surface area contributed by atoms with E-state index < -0.39 is 21.6 Å². The average Bonchev–Trinajstić information content (AvgIpc) is 2.46. The molecule has 0 spiro atoms. The summed E-state index contributed by atoms with van der Waals surface area (Å²) in [5.41, 5.74) is -0.0208. The molecule has 0 aliphatic heterocycles. The SMILES string of the molecule is O=c1c(-c2ccc(OS(=O)(=O)O)cc2)coc2cc(O)cc(O)c12. The first-order chi connectivity index (χ1) is 11.2. The summed E-state index contributed by atoms with van der Waals surface area (Å²) < 4.78 is 39.4. The lowest BCUT2D eigenvalue weighted by molar-refractivity contribution is 0.387. The largest absolute Gasteiger partial charge is 0.508 e. The molecule has 0 atom stereocenters. The Kier molecular flexibility index (Phi) is 3.66. The van der Waals surface area contributed by atoms with Crippen LogP contribution in [0.3, 0.4) is 0 Å². The van der Waals surface area contributed by atoms with E-state index in [9.17, 15) is 23.4 Å². The molecule has 124 valence electrons. The Morgan fingerprint density at radius 3 is 2.33 bits per heavy atom. The normalized spacial score (nSPS) is 11.5. The predicted molar refractivity (Wildman–Crippen MR) is 83.4 cm³/mol. The fourth-order valence-corrected chi connectivity index (χ4v) is 2.58. The quantitative estimate of drug-likeness (QED) is 0.611. The molecule has 2 aromatic carbocycles. The fourth-order valence-electron chi connectivity index (χ4n) is 2.23. The first-order valence-electron chi connectivity index (χ1n) is 6.49. The van der Waals surface area contributed by atoms with E-state index in [0.717, 1.165) is 12.3 Å². The van der Waals surface area contributed by atoms with Crippen molar-refractivity contribution in [1.29, 1.82) is 0 Å². The highest BCUT2D eigenvalue weighted by Crippen LogP contribution is 2.30. The van der Waals surface area contributed by atoms with Gasteiger partial charge in [0.05, 0.1) is 5.56 Å². The van der Waals surface area contributed by atoms with E-state index in [1.165, 1.54) is 30.3 Å². The van der Waals surface area contributed by atoms with E-state index in [0.29, 0.717) is 5.56 Å². The molecule has 3 aromatic rings. The number of phenolic OH excluding ortho intramolecular Hbond substituents is 2. The zero-order valence-corrected chi connectivity index (χ0v) is 12.6. The third-order valence-electron chi connectivity index (χ3n) is 3.21. The molecule has 3 N–H and O–H groups in total. The number of hydrogen-bond acceptors (Lipinski definition) is 7. The monoisotopic (exact) mass is 350 g/mol. The molecule has 0 amide bonds. The maximum Gasteiger partial charge on any atom is 0.446 e. The lowest BCUT2D eigenvalue weighted by atomic mass is 10.0. The van der Waals surface area contributed by atoms with Crippen molar-refractivity contribution in [2.45, 2.75) is 0 Å². The van der Waals surface area contributed by atoms with Gasteiger partial charge in [-0.15, -0.1) is 0 Å². The van der Waals surface area contributed by atoms with Crippen molar-refractivity contribution >= 4 is 21.4 Å². The van der Waals surface area contributed by atoms with Crippen molar-refractivity contribution in [3.8, 4) is 28.4 Å². The maximum absolute atomic E-state index is 12.5. The molecule has 0 fully saturated rings. The molecule has 0 saturated heterocycles. The zero-order valence-electron chi connectivity index (χ0n) is 11.8. The minimum Gasteiger partial charge on any atom is -0.508 e. The standard InChI is InChI=1S/C15H10O8S/c16-9-5-12(17)14-13(6-9)22-7-11(15(14)18)8-1-3-10(4-2-8)23-24(19,20)21/h1-7,16-17H,(H,19,20,21). The summed E-state index contributed by atoms with van der Waals surface area (Å²) in [7, 11) is -4.64. The van der Waals surface area contributed by atoms with E-state index in [-0.39, 0.29) is 28.0 Å². The molecular formula is C15H10O8S. The smallest absolute Gasteiger partial charge is 0.446 e. The molecular weight excluding hydrogens is 340 g/mol. The van der Waals surface area contributed by atoms with Crippen LogP contribution in [0.25, 0.3) is 22.1 Å². The van der Waals surface area contributed by atoms with E-state index in [2.05, 4.69) is 4.18 Å². The average molecular weight is 350 g/mol. The Balaban J connectivity index is 2.10. The van der Waals surface area contributed by atoms with Crippen molar-refractivity contribution < 1.29 is 31.8 Å². The highest BCUT2D eigenvalue weighted by molar-refractivity contribution is 7.81. The van der Waals surface area contributed by atoms with Crippen LogP contribution in [0.2, 0.25) is 0 Å². The second-order valence-electron chi connectivity index (χ2n) is 4.85. The van der Waals surface area contributed by atoms with Crippen LogP contribution in [0.4, 0.5) is 0 Å². The Morgan fingerprint density at radius 2 is 1.71 bits per heavy atom. The highest BCUT2D eigenvalue weighted by atomic mass is 32.3. The molecule has 0 bridgehead atoms. The Morgan fingerprint density at radius 1 is 1.04 bits per heavy atom. The summed E-state index contributed by atoms with van der Waals surface area (Å²) in [6, 6.07) is 7.47. The summed E-state index contributed by atoms with van der Waals surface area (Å²) in [5.74, 6) is -0.811. The summed E-state index contributed by atoms with van der Waals surface area (Å²) >= 11 is 0. The lowest BCUT2D eigenvalue weighted by Gasteiger charge is -2.06. The lowest BCUT2D eigenvalue weighted by Crippen LogP contribution is -2.07. The molecule has 3 rings (SSSR count). The van der Waals surface area contributed by atoms with Gasteiger partial charge in [0.25, 0.3) is 0 Å². The van der Waals surface area contributed by atoms with Gasteiger partial charge in [-0.1, -0.05) is 12.1 Å². The Bertz CT molecular complexity index is 1080. The number of phenols is 2. The van der Waals surface area contributed by atoms with Gasteiger partial charge in [0.2, 0.25) is 5.43 Å². The van der Waals surface area contributed by atoms with Crippen molar-refractivity contribution in [2.24, 2.45) is 0 Å². The molecule has 0 aliphatic carbocycles.